The summed E-state index contributed by atoms with van der Waals surface area (Å²) in [5, 5.41) is 11.8. The molecule has 0 aliphatic carbocycles. The molecule has 0 bridgehead atoms. The van der Waals surface area contributed by atoms with Gasteiger partial charge in [0.15, 0.2) is 23.0 Å². The highest BCUT2D eigenvalue weighted by molar-refractivity contribution is 5.88. The number of hydrogen-bond donors (Lipinski definition) is 1. The van der Waals surface area contributed by atoms with E-state index in [0.717, 1.165) is 22.0 Å². The minimum atomic E-state index is 0. The van der Waals surface area contributed by atoms with E-state index in [2.05, 4.69) is 4.98 Å². The number of fused-ring (bicyclic) bond motifs is 1. The van der Waals surface area contributed by atoms with Gasteiger partial charge in [-0.05, 0) is 41.3 Å². The van der Waals surface area contributed by atoms with E-state index in [-0.39, 0.29) is 18.2 Å². The van der Waals surface area contributed by atoms with Gasteiger partial charge in [-0.25, -0.2) is 0 Å². The average molecular weight is 362 g/mol. The molecular weight excluding hydrogens is 342 g/mol. The molecule has 25 heavy (non-hydrogen) atoms. The minimum absolute atomic E-state index is 0. The molecule has 0 saturated heterocycles. The van der Waals surface area contributed by atoms with Gasteiger partial charge in [0, 0.05) is 18.0 Å². The van der Waals surface area contributed by atoms with Crippen LogP contribution >= 0.6 is 12.4 Å². The number of methoxy groups -OCH3 is 3. The summed E-state index contributed by atoms with van der Waals surface area (Å²) in [5.41, 5.74) is 1.92. The summed E-state index contributed by atoms with van der Waals surface area (Å²) in [6.07, 6.45) is 2.39. The van der Waals surface area contributed by atoms with Crippen molar-refractivity contribution in [2.24, 2.45) is 0 Å². The van der Waals surface area contributed by atoms with E-state index in [1.807, 2.05) is 30.3 Å². The zero-order chi connectivity index (χ0) is 17.1. The molecule has 0 fully saturated rings. The number of benzene rings is 2. The second-order valence-corrected chi connectivity index (χ2v) is 5.37. The fourth-order valence-electron chi connectivity index (χ4n) is 2.73. The number of pyridine rings is 1. The van der Waals surface area contributed by atoms with Crippen molar-refractivity contribution in [2.75, 3.05) is 21.3 Å². The number of phenolic OH excluding ortho intramolecular Hbond substituents is 1. The molecule has 5 nitrogen and oxygen atoms in total. The Labute approximate surface area is 152 Å². The Balaban J connectivity index is 0.00000225. The number of phenols is 1. The van der Waals surface area contributed by atoms with Gasteiger partial charge >= 0.3 is 0 Å². The van der Waals surface area contributed by atoms with Crippen LogP contribution in [0.3, 0.4) is 0 Å². The molecule has 1 heterocycles. The van der Waals surface area contributed by atoms with Gasteiger partial charge in [-0.15, -0.1) is 12.4 Å². The number of rotatable bonds is 5. The highest BCUT2D eigenvalue weighted by Gasteiger charge is 2.11. The monoisotopic (exact) mass is 361 g/mol. The maximum Gasteiger partial charge on any atom is 0.161 e. The topological polar surface area (TPSA) is 60.8 Å². The van der Waals surface area contributed by atoms with Gasteiger partial charge in [0.05, 0.1) is 27.0 Å². The van der Waals surface area contributed by atoms with Crippen LogP contribution in [0, 0.1) is 0 Å². The first kappa shape index (κ1) is 18.7. The average Bonchev–Trinajstić information content (AvgIpc) is 2.62. The predicted octanol–water partition coefficient (Wildman–Crippen LogP) is 3.98. The maximum atomic E-state index is 9.73. The Bertz CT molecular complexity index is 883. The summed E-state index contributed by atoms with van der Waals surface area (Å²) in [5.74, 6) is 1.93. The second-order valence-electron chi connectivity index (χ2n) is 5.37. The first-order valence-corrected chi connectivity index (χ1v) is 7.51. The lowest BCUT2D eigenvalue weighted by Gasteiger charge is -2.12. The molecule has 0 aliphatic heterocycles. The van der Waals surface area contributed by atoms with Gasteiger partial charge in [-0.2, -0.15) is 0 Å². The molecule has 132 valence electrons. The molecule has 0 aliphatic rings. The number of aromatic hydroxyl groups is 1. The van der Waals surface area contributed by atoms with Crippen LogP contribution < -0.4 is 14.2 Å². The third-order valence-electron chi connectivity index (χ3n) is 3.97. The predicted molar refractivity (Wildman–Crippen MR) is 99.6 cm³/mol. The van der Waals surface area contributed by atoms with Crippen LogP contribution in [-0.2, 0) is 6.42 Å². The first-order valence-electron chi connectivity index (χ1n) is 7.51. The third kappa shape index (κ3) is 3.72. The Morgan fingerprint density at radius 1 is 0.880 bits per heavy atom. The van der Waals surface area contributed by atoms with Crippen LogP contribution in [0.15, 0.2) is 42.6 Å². The molecule has 0 saturated carbocycles. The number of aromatic nitrogens is 1. The smallest absolute Gasteiger partial charge is 0.161 e. The van der Waals surface area contributed by atoms with Gasteiger partial charge in [0.2, 0.25) is 0 Å². The molecule has 1 N–H and O–H groups in total. The summed E-state index contributed by atoms with van der Waals surface area (Å²) in [4.78, 5) is 4.51. The maximum absolute atomic E-state index is 9.73. The van der Waals surface area contributed by atoms with E-state index >= 15 is 0 Å². The van der Waals surface area contributed by atoms with Gasteiger partial charge in [0.1, 0.15) is 0 Å². The standard InChI is InChI=1S/C19H19NO4.ClH/c1-22-17-9-12(4-5-16(17)21)8-15-14-11-19(24-3)18(23-2)10-13(14)6-7-20-15;/h4-7,9-11,21H,8H2,1-3H3;1H. The molecule has 0 unspecified atom stereocenters. The number of hydrogen-bond acceptors (Lipinski definition) is 5. The molecule has 3 rings (SSSR count). The molecule has 0 amide bonds. The van der Waals surface area contributed by atoms with Gasteiger partial charge in [-0.3, -0.25) is 4.98 Å². The number of halogens is 1. The van der Waals surface area contributed by atoms with Crippen LogP contribution in [0.25, 0.3) is 10.8 Å². The Hall–Kier alpha value is -2.66. The quantitative estimate of drug-likeness (QED) is 0.744. The molecule has 1 aromatic heterocycles. The van der Waals surface area contributed by atoms with Crippen LogP contribution in [0.1, 0.15) is 11.3 Å². The molecule has 0 radical (unpaired) electrons. The lowest BCUT2D eigenvalue weighted by Crippen LogP contribution is -1.97. The molecular formula is C19H20ClNO4. The van der Waals surface area contributed by atoms with Crippen LogP contribution in [0.2, 0.25) is 0 Å². The fraction of sp³-hybridized carbons (Fsp3) is 0.211. The number of ether oxygens (including phenoxy) is 3. The van der Waals surface area contributed by atoms with E-state index in [1.165, 1.54) is 7.11 Å². The summed E-state index contributed by atoms with van der Waals surface area (Å²) in [6, 6.07) is 11.1. The van der Waals surface area contributed by atoms with Gasteiger partial charge < -0.3 is 19.3 Å². The normalized spacial score (nSPS) is 10.2. The van der Waals surface area contributed by atoms with E-state index in [0.29, 0.717) is 23.7 Å². The van der Waals surface area contributed by atoms with Crippen molar-refractivity contribution in [1.82, 2.24) is 4.98 Å². The van der Waals surface area contributed by atoms with Gasteiger partial charge in [0.25, 0.3) is 0 Å². The molecule has 0 atom stereocenters. The van der Waals surface area contributed by atoms with Crippen molar-refractivity contribution < 1.29 is 19.3 Å². The second kappa shape index (κ2) is 7.94. The first-order chi connectivity index (χ1) is 11.7. The van der Waals surface area contributed by atoms with E-state index in [9.17, 15) is 5.11 Å². The minimum Gasteiger partial charge on any atom is -0.504 e. The molecule has 3 aromatic rings. The van der Waals surface area contributed by atoms with Gasteiger partial charge in [-0.1, -0.05) is 6.07 Å². The van der Waals surface area contributed by atoms with Crippen molar-refractivity contribution >= 4 is 23.2 Å². The summed E-state index contributed by atoms with van der Waals surface area (Å²) < 4.78 is 15.9. The van der Waals surface area contributed by atoms with E-state index in [1.54, 1.807) is 26.5 Å². The van der Waals surface area contributed by atoms with Crippen molar-refractivity contribution in [3.63, 3.8) is 0 Å². The van der Waals surface area contributed by atoms with Crippen molar-refractivity contribution in [3.8, 4) is 23.0 Å². The van der Waals surface area contributed by atoms with Crippen molar-refractivity contribution in [1.29, 1.82) is 0 Å². The number of nitrogens with zero attached hydrogens (tertiary/aromatic N) is 1. The fourth-order valence-corrected chi connectivity index (χ4v) is 2.73. The molecule has 0 spiro atoms. The highest BCUT2D eigenvalue weighted by atomic mass is 35.5. The summed E-state index contributed by atoms with van der Waals surface area (Å²) >= 11 is 0. The SMILES string of the molecule is COc1cc(Cc2nccc3cc(OC)c(OC)cc23)ccc1O.Cl. The lowest BCUT2D eigenvalue weighted by molar-refractivity contribution is 0.356. The zero-order valence-corrected chi connectivity index (χ0v) is 15.1. The molecule has 2 aromatic carbocycles. The highest BCUT2D eigenvalue weighted by Crippen LogP contribution is 2.34. The zero-order valence-electron chi connectivity index (χ0n) is 14.3. The van der Waals surface area contributed by atoms with Crippen molar-refractivity contribution in [2.45, 2.75) is 6.42 Å². The Morgan fingerprint density at radius 3 is 2.24 bits per heavy atom. The van der Waals surface area contributed by atoms with Crippen LogP contribution in [0.5, 0.6) is 23.0 Å². The Kier molecular flexibility index (Phi) is 5.93. The van der Waals surface area contributed by atoms with Crippen LogP contribution in [-0.4, -0.2) is 31.4 Å². The van der Waals surface area contributed by atoms with E-state index < -0.39 is 0 Å². The lowest BCUT2D eigenvalue weighted by atomic mass is 10.0. The summed E-state index contributed by atoms with van der Waals surface area (Å²) in [6.45, 7) is 0. The van der Waals surface area contributed by atoms with Crippen LogP contribution in [0.4, 0.5) is 0 Å². The largest absolute Gasteiger partial charge is 0.504 e. The molecule has 6 heteroatoms. The van der Waals surface area contributed by atoms with E-state index in [4.69, 9.17) is 14.2 Å². The van der Waals surface area contributed by atoms with Crippen molar-refractivity contribution in [3.05, 3.63) is 53.9 Å². The summed E-state index contributed by atoms with van der Waals surface area (Å²) in [7, 11) is 4.77. The Morgan fingerprint density at radius 2 is 1.56 bits per heavy atom. The third-order valence-corrected chi connectivity index (χ3v) is 3.97.